The summed E-state index contributed by atoms with van der Waals surface area (Å²) in [5.41, 5.74) is 0. The summed E-state index contributed by atoms with van der Waals surface area (Å²) < 4.78 is 16.9. The molecule has 0 radical (unpaired) electrons. The molecular weight excluding hydrogens is 260 g/mol. The normalized spacial score (nSPS) is 25.8. The smallest absolute Gasteiger partial charge is 0.158 e. The van der Waals surface area contributed by atoms with Crippen molar-refractivity contribution in [1.29, 1.82) is 0 Å². The van der Waals surface area contributed by atoms with Crippen LogP contribution >= 0.6 is 0 Å². The second-order valence-electron chi connectivity index (χ2n) is 5.52. The van der Waals surface area contributed by atoms with Crippen molar-refractivity contribution in [1.82, 2.24) is 0 Å². The third-order valence-electron chi connectivity index (χ3n) is 3.60. The van der Waals surface area contributed by atoms with E-state index in [2.05, 4.69) is 6.92 Å². The Balaban J connectivity index is 2.09. The van der Waals surface area contributed by atoms with Gasteiger partial charge >= 0.3 is 0 Å². The third kappa shape index (κ3) is 6.99. The first-order valence-corrected chi connectivity index (χ1v) is 7.85. The minimum atomic E-state index is -0.825. The zero-order valence-corrected chi connectivity index (χ0v) is 12.8. The summed E-state index contributed by atoms with van der Waals surface area (Å²) in [5, 5.41) is 18.0. The summed E-state index contributed by atoms with van der Waals surface area (Å²) in [4.78, 5) is 0. The van der Waals surface area contributed by atoms with Crippen LogP contribution in [0.25, 0.3) is 0 Å². The Labute approximate surface area is 122 Å². The topological polar surface area (TPSA) is 68.2 Å². The van der Waals surface area contributed by atoms with E-state index in [4.69, 9.17) is 19.3 Å². The van der Waals surface area contributed by atoms with Gasteiger partial charge in [-0.3, -0.25) is 0 Å². The van der Waals surface area contributed by atoms with E-state index < -0.39 is 6.10 Å². The van der Waals surface area contributed by atoms with Crippen molar-refractivity contribution in [2.75, 3.05) is 19.8 Å². The molecule has 20 heavy (non-hydrogen) atoms. The number of aliphatic hydroxyl groups excluding tert-OH is 2. The van der Waals surface area contributed by atoms with Crippen LogP contribution in [0.5, 0.6) is 0 Å². The zero-order chi connectivity index (χ0) is 14.8. The van der Waals surface area contributed by atoms with Crippen molar-refractivity contribution in [3.8, 4) is 0 Å². The van der Waals surface area contributed by atoms with E-state index in [1.165, 1.54) is 25.7 Å². The largest absolute Gasteiger partial charge is 0.394 e. The second-order valence-corrected chi connectivity index (χ2v) is 5.52. The molecule has 0 aromatic carbocycles. The fourth-order valence-electron chi connectivity index (χ4n) is 2.21. The Kier molecular flexibility index (Phi) is 9.39. The van der Waals surface area contributed by atoms with E-state index in [1.807, 2.05) is 6.92 Å². The van der Waals surface area contributed by atoms with E-state index in [0.717, 1.165) is 12.8 Å². The molecule has 1 aliphatic heterocycles. The van der Waals surface area contributed by atoms with Crippen molar-refractivity contribution in [3.05, 3.63) is 0 Å². The number of hydrogen-bond donors (Lipinski definition) is 2. The molecule has 0 bridgehead atoms. The van der Waals surface area contributed by atoms with Crippen LogP contribution < -0.4 is 0 Å². The van der Waals surface area contributed by atoms with Crippen LogP contribution in [0.1, 0.15) is 52.4 Å². The van der Waals surface area contributed by atoms with Crippen LogP contribution in [0.2, 0.25) is 0 Å². The molecular formula is C15H30O5. The summed E-state index contributed by atoms with van der Waals surface area (Å²) in [6.45, 7) is 4.50. The molecule has 5 nitrogen and oxygen atoms in total. The molecule has 120 valence electrons. The van der Waals surface area contributed by atoms with Gasteiger partial charge in [-0.15, -0.1) is 0 Å². The fourth-order valence-corrected chi connectivity index (χ4v) is 2.21. The molecule has 1 heterocycles. The maximum absolute atomic E-state index is 9.24. The monoisotopic (exact) mass is 290 g/mol. The highest BCUT2D eigenvalue weighted by Crippen LogP contribution is 2.21. The van der Waals surface area contributed by atoms with Gasteiger partial charge in [0.1, 0.15) is 12.2 Å². The summed E-state index contributed by atoms with van der Waals surface area (Å²) in [5.74, 6) is 0. The number of ether oxygens (including phenoxy) is 3. The van der Waals surface area contributed by atoms with Gasteiger partial charge in [0.05, 0.1) is 25.9 Å². The molecule has 4 atom stereocenters. The highest BCUT2D eigenvalue weighted by molar-refractivity contribution is 4.72. The van der Waals surface area contributed by atoms with Crippen molar-refractivity contribution in [2.24, 2.45) is 0 Å². The Morgan fingerprint density at radius 1 is 1.25 bits per heavy atom. The number of rotatable bonds is 11. The van der Waals surface area contributed by atoms with Gasteiger partial charge in [-0.2, -0.15) is 0 Å². The summed E-state index contributed by atoms with van der Waals surface area (Å²) in [7, 11) is 0. The SMILES string of the molecule is CCCCCCCC1OCC([C@H](C)OC[C@@H](O)CO)O1. The molecule has 5 heteroatoms. The Bertz CT molecular complexity index is 236. The first-order valence-electron chi connectivity index (χ1n) is 7.85. The molecule has 0 aromatic heterocycles. The van der Waals surface area contributed by atoms with Gasteiger partial charge in [-0.05, 0) is 19.8 Å². The average molecular weight is 290 g/mol. The highest BCUT2D eigenvalue weighted by atomic mass is 16.7. The Morgan fingerprint density at radius 2 is 2.00 bits per heavy atom. The molecule has 0 aromatic rings. The van der Waals surface area contributed by atoms with Gasteiger partial charge in [-0.1, -0.05) is 32.6 Å². The van der Waals surface area contributed by atoms with E-state index in [0.29, 0.717) is 6.61 Å². The van der Waals surface area contributed by atoms with E-state index in [1.54, 1.807) is 0 Å². The van der Waals surface area contributed by atoms with Crippen LogP contribution in [0.15, 0.2) is 0 Å². The van der Waals surface area contributed by atoms with Crippen molar-refractivity contribution < 1.29 is 24.4 Å². The van der Waals surface area contributed by atoms with Crippen LogP contribution in [0.3, 0.4) is 0 Å². The molecule has 1 fully saturated rings. The Hall–Kier alpha value is -0.200. The van der Waals surface area contributed by atoms with Crippen LogP contribution in [-0.2, 0) is 14.2 Å². The standard InChI is InChI=1S/C15H30O5/c1-3-4-5-6-7-8-15-19-11-14(20-15)12(2)18-10-13(17)9-16/h12-17H,3-11H2,1-2H3/t12-,13-,14?,15?/m0/s1. The maximum atomic E-state index is 9.24. The lowest BCUT2D eigenvalue weighted by Gasteiger charge is -2.20. The predicted octanol–water partition coefficient (Wildman–Crippen LogP) is 1.85. The molecule has 0 amide bonds. The predicted molar refractivity (Wildman–Crippen MR) is 76.5 cm³/mol. The fraction of sp³-hybridized carbons (Fsp3) is 1.00. The Morgan fingerprint density at radius 3 is 2.70 bits per heavy atom. The number of aliphatic hydroxyl groups is 2. The van der Waals surface area contributed by atoms with E-state index in [9.17, 15) is 5.11 Å². The van der Waals surface area contributed by atoms with Crippen LogP contribution in [0, 0.1) is 0 Å². The van der Waals surface area contributed by atoms with Crippen LogP contribution in [-0.4, -0.2) is 54.6 Å². The first-order chi connectivity index (χ1) is 9.67. The lowest BCUT2D eigenvalue weighted by Crippen LogP contribution is -2.32. The molecule has 1 rings (SSSR count). The van der Waals surface area contributed by atoms with Crippen molar-refractivity contribution in [3.63, 3.8) is 0 Å². The van der Waals surface area contributed by atoms with E-state index in [-0.39, 0.29) is 31.7 Å². The summed E-state index contributed by atoms with van der Waals surface area (Å²) in [6, 6.07) is 0. The van der Waals surface area contributed by atoms with Gasteiger partial charge < -0.3 is 24.4 Å². The van der Waals surface area contributed by atoms with Gasteiger partial charge in [0.2, 0.25) is 0 Å². The van der Waals surface area contributed by atoms with Crippen LogP contribution in [0.4, 0.5) is 0 Å². The van der Waals surface area contributed by atoms with Gasteiger partial charge in [0.15, 0.2) is 6.29 Å². The lowest BCUT2D eigenvalue weighted by atomic mass is 10.1. The number of unbranched alkanes of at least 4 members (excludes halogenated alkanes) is 4. The molecule has 2 unspecified atom stereocenters. The summed E-state index contributed by atoms with van der Waals surface area (Å²) in [6.07, 6.45) is 5.98. The van der Waals surface area contributed by atoms with Gasteiger partial charge in [-0.25, -0.2) is 0 Å². The minimum absolute atomic E-state index is 0.0819. The first kappa shape index (κ1) is 17.9. The van der Waals surface area contributed by atoms with Gasteiger partial charge in [0.25, 0.3) is 0 Å². The quantitative estimate of drug-likeness (QED) is 0.568. The highest BCUT2D eigenvalue weighted by Gasteiger charge is 2.30. The second kappa shape index (κ2) is 10.5. The lowest BCUT2D eigenvalue weighted by molar-refractivity contribution is -0.105. The third-order valence-corrected chi connectivity index (χ3v) is 3.60. The number of hydrogen-bond acceptors (Lipinski definition) is 5. The molecule has 1 saturated heterocycles. The van der Waals surface area contributed by atoms with E-state index >= 15 is 0 Å². The maximum Gasteiger partial charge on any atom is 0.158 e. The molecule has 0 saturated carbocycles. The van der Waals surface area contributed by atoms with Crippen molar-refractivity contribution >= 4 is 0 Å². The molecule has 1 aliphatic rings. The summed E-state index contributed by atoms with van der Waals surface area (Å²) >= 11 is 0. The minimum Gasteiger partial charge on any atom is -0.394 e. The van der Waals surface area contributed by atoms with Crippen molar-refractivity contribution in [2.45, 2.75) is 77.0 Å². The average Bonchev–Trinajstić information content (AvgIpc) is 2.93. The molecule has 0 spiro atoms. The molecule has 0 aliphatic carbocycles. The molecule has 2 N–H and O–H groups in total. The van der Waals surface area contributed by atoms with Gasteiger partial charge in [0, 0.05) is 0 Å². The zero-order valence-electron chi connectivity index (χ0n) is 12.8.